The number of carboxylic acid groups (broad SMARTS) is 1. The van der Waals surface area contributed by atoms with Gasteiger partial charge in [0.1, 0.15) is 11.5 Å². The molecule has 0 aliphatic carbocycles. The lowest BCUT2D eigenvalue weighted by Gasteiger charge is -2.19. The van der Waals surface area contributed by atoms with E-state index in [-0.39, 0.29) is 23.8 Å². The smallest absolute Gasteiger partial charge is 0.335 e. The summed E-state index contributed by atoms with van der Waals surface area (Å²) in [5.74, 6) is -0.989. The molecule has 0 bridgehead atoms. The quantitative estimate of drug-likeness (QED) is 0.795. The third-order valence-electron chi connectivity index (χ3n) is 3.68. The van der Waals surface area contributed by atoms with E-state index >= 15 is 0 Å². The summed E-state index contributed by atoms with van der Waals surface area (Å²) in [6.45, 7) is 0.346. The molecule has 1 heterocycles. The standard InChI is InChI=1S/C16H19N3O5/c1-19-14(20)6-5-12(18-19)15(21)17-8-7-10-3-4-11(16(22)23)9-13(10)24-2/h3-4,9H,5-8H2,1-2H3,(H,17,21)(H,22,23). The molecule has 1 aliphatic rings. The van der Waals surface area contributed by atoms with Crippen molar-refractivity contribution in [1.29, 1.82) is 0 Å². The Morgan fingerprint density at radius 2 is 2.12 bits per heavy atom. The molecule has 1 aliphatic heterocycles. The molecule has 8 nitrogen and oxygen atoms in total. The van der Waals surface area contributed by atoms with E-state index < -0.39 is 5.97 Å². The first-order valence-corrected chi connectivity index (χ1v) is 7.45. The van der Waals surface area contributed by atoms with E-state index in [9.17, 15) is 14.4 Å². The molecule has 128 valence electrons. The molecule has 0 spiro atoms. The van der Waals surface area contributed by atoms with Crippen LogP contribution in [-0.4, -0.2) is 54.3 Å². The van der Waals surface area contributed by atoms with Crippen molar-refractivity contribution in [1.82, 2.24) is 10.3 Å². The Labute approximate surface area is 139 Å². The van der Waals surface area contributed by atoms with Crippen molar-refractivity contribution in [3.63, 3.8) is 0 Å². The first kappa shape index (κ1) is 17.5. The van der Waals surface area contributed by atoms with Crippen LogP contribution in [0.5, 0.6) is 5.75 Å². The van der Waals surface area contributed by atoms with Gasteiger partial charge in [0.05, 0.1) is 12.7 Å². The first-order chi connectivity index (χ1) is 11.4. The lowest BCUT2D eigenvalue weighted by molar-refractivity contribution is -0.130. The highest BCUT2D eigenvalue weighted by atomic mass is 16.5. The maximum absolute atomic E-state index is 12.0. The van der Waals surface area contributed by atoms with Crippen LogP contribution in [0.1, 0.15) is 28.8 Å². The molecule has 0 fully saturated rings. The maximum Gasteiger partial charge on any atom is 0.335 e. The van der Waals surface area contributed by atoms with Crippen molar-refractivity contribution in [2.45, 2.75) is 19.3 Å². The van der Waals surface area contributed by atoms with Crippen molar-refractivity contribution in [2.75, 3.05) is 20.7 Å². The normalized spacial score (nSPS) is 14.2. The zero-order valence-electron chi connectivity index (χ0n) is 13.5. The van der Waals surface area contributed by atoms with Gasteiger partial charge in [-0.2, -0.15) is 5.10 Å². The summed E-state index contributed by atoms with van der Waals surface area (Å²) in [6.07, 6.45) is 1.08. The van der Waals surface area contributed by atoms with Gasteiger partial charge in [-0.05, 0) is 24.1 Å². The number of ether oxygens (including phenoxy) is 1. The number of nitrogens with zero attached hydrogens (tertiary/aromatic N) is 2. The van der Waals surface area contributed by atoms with Crippen LogP contribution in [-0.2, 0) is 16.0 Å². The molecule has 0 aromatic heterocycles. The second-order valence-corrected chi connectivity index (χ2v) is 5.30. The number of methoxy groups -OCH3 is 1. The molecule has 2 rings (SSSR count). The number of carboxylic acids is 1. The number of carbonyl (C=O) groups excluding carboxylic acids is 2. The fourth-order valence-corrected chi connectivity index (χ4v) is 2.33. The summed E-state index contributed by atoms with van der Waals surface area (Å²) in [5, 5.41) is 16.8. The molecule has 2 amide bonds. The number of aromatic carboxylic acids is 1. The van der Waals surface area contributed by atoms with E-state index in [1.807, 2.05) is 0 Å². The van der Waals surface area contributed by atoms with Gasteiger partial charge in [0.25, 0.3) is 5.91 Å². The highest BCUT2D eigenvalue weighted by molar-refractivity contribution is 6.39. The Balaban J connectivity index is 1.94. The number of rotatable bonds is 6. The van der Waals surface area contributed by atoms with Gasteiger partial charge in [-0.25, -0.2) is 9.80 Å². The van der Waals surface area contributed by atoms with Gasteiger partial charge in [0, 0.05) is 26.4 Å². The Morgan fingerprint density at radius 1 is 1.38 bits per heavy atom. The third kappa shape index (κ3) is 4.09. The average molecular weight is 333 g/mol. The second kappa shape index (κ2) is 7.58. The van der Waals surface area contributed by atoms with Gasteiger partial charge in [-0.3, -0.25) is 9.59 Å². The lowest BCUT2D eigenvalue weighted by Crippen LogP contribution is -2.38. The van der Waals surface area contributed by atoms with Crippen LogP contribution in [0.3, 0.4) is 0 Å². The summed E-state index contributed by atoms with van der Waals surface area (Å²) in [7, 11) is 2.98. The van der Waals surface area contributed by atoms with Crippen LogP contribution < -0.4 is 10.1 Å². The number of amides is 2. The summed E-state index contributed by atoms with van der Waals surface area (Å²) in [6, 6.07) is 4.61. The molecule has 24 heavy (non-hydrogen) atoms. The highest BCUT2D eigenvalue weighted by Crippen LogP contribution is 2.20. The summed E-state index contributed by atoms with van der Waals surface area (Å²) in [5.41, 5.74) is 1.26. The number of hydrogen-bond acceptors (Lipinski definition) is 5. The Hall–Kier alpha value is -2.90. The summed E-state index contributed by atoms with van der Waals surface area (Å²) in [4.78, 5) is 34.3. The number of carbonyl (C=O) groups is 3. The van der Waals surface area contributed by atoms with Crippen molar-refractivity contribution in [2.24, 2.45) is 5.10 Å². The van der Waals surface area contributed by atoms with Crippen LogP contribution >= 0.6 is 0 Å². The van der Waals surface area contributed by atoms with Gasteiger partial charge in [0.15, 0.2) is 0 Å². The number of hydrogen-bond donors (Lipinski definition) is 2. The molecule has 0 saturated carbocycles. The zero-order valence-corrected chi connectivity index (χ0v) is 13.5. The van der Waals surface area contributed by atoms with Crippen LogP contribution in [0.25, 0.3) is 0 Å². The largest absolute Gasteiger partial charge is 0.496 e. The van der Waals surface area contributed by atoms with Gasteiger partial charge < -0.3 is 15.2 Å². The molecule has 1 aromatic carbocycles. The van der Waals surface area contributed by atoms with Crippen LogP contribution in [0.4, 0.5) is 0 Å². The molecule has 0 radical (unpaired) electrons. The predicted molar refractivity (Wildman–Crippen MR) is 86.1 cm³/mol. The van der Waals surface area contributed by atoms with Crippen LogP contribution in [0, 0.1) is 0 Å². The Bertz CT molecular complexity index is 699. The SMILES string of the molecule is COc1cc(C(=O)O)ccc1CCNC(=O)C1=NN(C)C(=O)CC1. The van der Waals surface area contributed by atoms with E-state index in [1.54, 1.807) is 6.07 Å². The highest BCUT2D eigenvalue weighted by Gasteiger charge is 2.21. The fourth-order valence-electron chi connectivity index (χ4n) is 2.33. The second-order valence-electron chi connectivity index (χ2n) is 5.30. The van der Waals surface area contributed by atoms with Crippen LogP contribution in [0.15, 0.2) is 23.3 Å². The van der Waals surface area contributed by atoms with Crippen molar-refractivity contribution in [3.05, 3.63) is 29.3 Å². The van der Waals surface area contributed by atoms with Crippen molar-refractivity contribution >= 4 is 23.5 Å². The van der Waals surface area contributed by atoms with Gasteiger partial charge in [-0.1, -0.05) is 6.07 Å². The Kier molecular flexibility index (Phi) is 5.51. The topological polar surface area (TPSA) is 108 Å². The third-order valence-corrected chi connectivity index (χ3v) is 3.68. The minimum Gasteiger partial charge on any atom is -0.496 e. The molecule has 1 aromatic rings. The minimum absolute atomic E-state index is 0.116. The summed E-state index contributed by atoms with van der Waals surface area (Å²) >= 11 is 0. The maximum atomic E-state index is 12.0. The number of nitrogens with one attached hydrogen (secondary N) is 1. The molecule has 0 unspecified atom stereocenters. The zero-order chi connectivity index (χ0) is 17.7. The van der Waals surface area contributed by atoms with Crippen molar-refractivity contribution in [3.8, 4) is 5.75 Å². The minimum atomic E-state index is -1.03. The van der Waals surface area contributed by atoms with Gasteiger partial charge in [-0.15, -0.1) is 0 Å². The molecule has 0 atom stereocenters. The molecule has 2 N–H and O–H groups in total. The summed E-state index contributed by atoms with van der Waals surface area (Å²) < 4.78 is 5.19. The molecule has 0 saturated heterocycles. The first-order valence-electron chi connectivity index (χ1n) is 7.45. The van der Waals surface area contributed by atoms with E-state index in [0.29, 0.717) is 30.8 Å². The van der Waals surface area contributed by atoms with E-state index in [1.165, 1.54) is 31.3 Å². The van der Waals surface area contributed by atoms with E-state index in [2.05, 4.69) is 10.4 Å². The lowest BCUT2D eigenvalue weighted by atomic mass is 10.1. The van der Waals surface area contributed by atoms with Gasteiger partial charge in [0.2, 0.25) is 5.91 Å². The monoisotopic (exact) mass is 333 g/mol. The Morgan fingerprint density at radius 3 is 2.75 bits per heavy atom. The number of benzene rings is 1. The van der Waals surface area contributed by atoms with E-state index in [4.69, 9.17) is 9.84 Å². The average Bonchev–Trinajstić information content (AvgIpc) is 2.57. The van der Waals surface area contributed by atoms with E-state index in [0.717, 1.165) is 5.56 Å². The molecule has 8 heteroatoms. The number of hydrazone groups is 1. The molecular weight excluding hydrogens is 314 g/mol. The van der Waals surface area contributed by atoms with Crippen molar-refractivity contribution < 1.29 is 24.2 Å². The fraction of sp³-hybridized carbons (Fsp3) is 0.375. The molecular formula is C16H19N3O5. The predicted octanol–water partition coefficient (Wildman–Crippen LogP) is 0.660. The van der Waals surface area contributed by atoms with Gasteiger partial charge >= 0.3 is 5.97 Å². The van der Waals surface area contributed by atoms with Crippen LogP contribution in [0.2, 0.25) is 0 Å².